The fourth-order valence-corrected chi connectivity index (χ4v) is 2.55. The van der Waals surface area contributed by atoms with E-state index in [4.69, 9.17) is 17.3 Å². The first-order chi connectivity index (χ1) is 8.84. The van der Waals surface area contributed by atoms with E-state index in [0.29, 0.717) is 22.8 Å². The Kier molecular flexibility index (Phi) is 5.62. The van der Waals surface area contributed by atoms with Crippen LogP contribution in [0.5, 0.6) is 0 Å². The molecule has 1 rings (SSSR count). The number of halogens is 1. The summed E-state index contributed by atoms with van der Waals surface area (Å²) in [6.45, 7) is 1.59. The van der Waals surface area contributed by atoms with Crippen LogP contribution in [0.4, 0.5) is 11.4 Å². The first kappa shape index (κ1) is 15.8. The fraction of sp³-hybridized carbons (Fsp3) is 0.417. The number of anilines is 2. The van der Waals surface area contributed by atoms with E-state index in [1.54, 1.807) is 25.1 Å². The molecule has 0 aliphatic carbocycles. The fourth-order valence-electron chi connectivity index (χ4n) is 1.44. The second kappa shape index (κ2) is 6.77. The Morgan fingerprint density at radius 1 is 1.42 bits per heavy atom. The van der Waals surface area contributed by atoms with Gasteiger partial charge in [-0.15, -0.1) is 0 Å². The Hall–Kier alpha value is -1.27. The molecule has 106 valence electrons. The molecule has 1 amide bonds. The van der Waals surface area contributed by atoms with Crippen LogP contribution in [0, 0.1) is 0 Å². The molecule has 0 spiro atoms. The standard InChI is InChI=1S/C12H17ClN2O3S/c1-2-19(17,18)7-3-4-12(16)15-11-6-5-9(14)8-10(11)13/h5-6,8H,2-4,7,14H2,1H3,(H,15,16). The number of hydrogen-bond acceptors (Lipinski definition) is 4. The summed E-state index contributed by atoms with van der Waals surface area (Å²) in [6, 6.07) is 4.78. The lowest BCUT2D eigenvalue weighted by molar-refractivity contribution is -0.116. The Bertz CT molecular complexity index is 558. The van der Waals surface area contributed by atoms with Gasteiger partial charge in [-0.25, -0.2) is 8.42 Å². The molecule has 0 saturated heterocycles. The quantitative estimate of drug-likeness (QED) is 0.787. The van der Waals surface area contributed by atoms with Crippen molar-refractivity contribution in [3.05, 3.63) is 23.2 Å². The number of carbonyl (C=O) groups excluding carboxylic acids is 1. The zero-order chi connectivity index (χ0) is 14.5. The second-order valence-corrected chi connectivity index (χ2v) is 7.01. The molecule has 0 radical (unpaired) electrons. The Morgan fingerprint density at radius 2 is 2.11 bits per heavy atom. The molecule has 3 N–H and O–H groups in total. The number of nitrogens with two attached hydrogens (primary N) is 1. The number of nitrogen functional groups attached to an aromatic ring is 1. The zero-order valence-electron chi connectivity index (χ0n) is 10.6. The van der Waals surface area contributed by atoms with E-state index in [9.17, 15) is 13.2 Å². The lowest BCUT2D eigenvalue weighted by atomic mass is 10.2. The van der Waals surface area contributed by atoms with Crippen molar-refractivity contribution in [3.8, 4) is 0 Å². The second-order valence-electron chi connectivity index (χ2n) is 4.13. The predicted octanol–water partition coefficient (Wildman–Crippen LogP) is 2.08. The van der Waals surface area contributed by atoms with Gasteiger partial charge in [-0.1, -0.05) is 18.5 Å². The minimum atomic E-state index is -3.02. The van der Waals surface area contributed by atoms with E-state index in [1.807, 2.05) is 0 Å². The number of benzene rings is 1. The maximum Gasteiger partial charge on any atom is 0.224 e. The summed E-state index contributed by atoms with van der Waals surface area (Å²) in [5, 5.41) is 2.98. The topological polar surface area (TPSA) is 89.3 Å². The van der Waals surface area contributed by atoms with Crippen molar-refractivity contribution in [2.24, 2.45) is 0 Å². The van der Waals surface area contributed by atoms with Gasteiger partial charge >= 0.3 is 0 Å². The molecule has 0 aromatic heterocycles. The normalized spacial score (nSPS) is 11.3. The Labute approximate surface area is 118 Å². The maximum atomic E-state index is 11.6. The van der Waals surface area contributed by atoms with Gasteiger partial charge in [0.05, 0.1) is 16.5 Å². The largest absolute Gasteiger partial charge is 0.399 e. The minimum Gasteiger partial charge on any atom is -0.399 e. The Balaban J connectivity index is 2.48. The summed E-state index contributed by atoms with van der Waals surface area (Å²) in [4.78, 5) is 11.6. The molecule has 7 heteroatoms. The molecule has 0 heterocycles. The molecule has 1 aromatic rings. The first-order valence-electron chi connectivity index (χ1n) is 5.89. The van der Waals surface area contributed by atoms with E-state index in [1.165, 1.54) is 0 Å². The summed E-state index contributed by atoms with van der Waals surface area (Å²) in [6.07, 6.45) is 0.439. The van der Waals surface area contributed by atoms with Crippen molar-refractivity contribution >= 4 is 38.7 Å². The van der Waals surface area contributed by atoms with E-state index >= 15 is 0 Å². The summed E-state index contributed by atoms with van der Waals surface area (Å²) < 4.78 is 22.5. The number of rotatable bonds is 6. The highest BCUT2D eigenvalue weighted by Gasteiger charge is 2.10. The van der Waals surface area contributed by atoms with E-state index in [2.05, 4.69) is 5.32 Å². The van der Waals surface area contributed by atoms with Gasteiger partial charge in [0.2, 0.25) is 5.91 Å². The van der Waals surface area contributed by atoms with Crippen LogP contribution in [0.25, 0.3) is 0 Å². The van der Waals surface area contributed by atoms with Crippen molar-refractivity contribution in [1.29, 1.82) is 0 Å². The summed E-state index contributed by atoms with van der Waals surface area (Å²) >= 11 is 5.91. The van der Waals surface area contributed by atoms with Crippen LogP contribution in [0.3, 0.4) is 0 Å². The first-order valence-corrected chi connectivity index (χ1v) is 8.09. The van der Waals surface area contributed by atoms with Gasteiger partial charge in [-0.2, -0.15) is 0 Å². The highest BCUT2D eigenvalue weighted by atomic mass is 35.5. The average molecular weight is 305 g/mol. The van der Waals surface area contributed by atoms with Crippen LogP contribution in [0.2, 0.25) is 5.02 Å². The van der Waals surface area contributed by atoms with Gasteiger partial charge in [0.1, 0.15) is 9.84 Å². The molecular formula is C12H17ClN2O3S. The molecule has 0 atom stereocenters. The van der Waals surface area contributed by atoms with Crippen molar-refractivity contribution in [2.45, 2.75) is 19.8 Å². The highest BCUT2D eigenvalue weighted by Crippen LogP contribution is 2.24. The van der Waals surface area contributed by atoms with Gasteiger partial charge < -0.3 is 11.1 Å². The molecule has 5 nitrogen and oxygen atoms in total. The molecule has 0 aliphatic heterocycles. The van der Waals surface area contributed by atoms with Crippen LogP contribution in [-0.4, -0.2) is 25.8 Å². The summed E-state index contributed by atoms with van der Waals surface area (Å²) in [7, 11) is -3.02. The monoisotopic (exact) mass is 304 g/mol. The van der Waals surface area contributed by atoms with E-state index in [-0.39, 0.29) is 23.8 Å². The summed E-state index contributed by atoms with van der Waals surface area (Å²) in [5.41, 5.74) is 6.52. The van der Waals surface area contributed by atoms with Crippen LogP contribution in [-0.2, 0) is 14.6 Å². The minimum absolute atomic E-state index is 0.0202. The number of amides is 1. The van der Waals surface area contributed by atoms with E-state index in [0.717, 1.165) is 0 Å². The number of sulfone groups is 1. The van der Waals surface area contributed by atoms with Crippen molar-refractivity contribution in [3.63, 3.8) is 0 Å². The van der Waals surface area contributed by atoms with Crippen LogP contribution < -0.4 is 11.1 Å². The molecule has 0 saturated carbocycles. The average Bonchev–Trinajstić information content (AvgIpc) is 2.32. The van der Waals surface area contributed by atoms with Gasteiger partial charge in [-0.05, 0) is 24.6 Å². The van der Waals surface area contributed by atoms with Crippen LogP contribution in [0.1, 0.15) is 19.8 Å². The third-order valence-corrected chi connectivity index (χ3v) is 4.67. The van der Waals surface area contributed by atoms with Crippen molar-refractivity contribution in [1.82, 2.24) is 0 Å². The van der Waals surface area contributed by atoms with Crippen molar-refractivity contribution in [2.75, 3.05) is 22.6 Å². The number of carbonyl (C=O) groups is 1. The Morgan fingerprint density at radius 3 is 2.68 bits per heavy atom. The molecule has 1 aromatic carbocycles. The van der Waals surface area contributed by atoms with E-state index < -0.39 is 9.84 Å². The predicted molar refractivity (Wildman–Crippen MR) is 78.1 cm³/mol. The lowest BCUT2D eigenvalue weighted by Crippen LogP contribution is -2.15. The maximum absolute atomic E-state index is 11.6. The SMILES string of the molecule is CCS(=O)(=O)CCCC(=O)Nc1ccc(N)cc1Cl. The smallest absolute Gasteiger partial charge is 0.224 e. The molecule has 0 aliphatic rings. The summed E-state index contributed by atoms with van der Waals surface area (Å²) in [5.74, 6) is -0.150. The molecule has 19 heavy (non-hydrogen) atoms. The number of nitrogens with one attached hydrogen (secondary N) is 1. The lowest BCUT2D eigenvalue weighted by Gasteiger charge is -2.07. The van der Waals surface area contributed by atoms with Gasteiger partial charge in [0.25, 0.3) is 0 Å². The number of hydrogen-bond donors (Lipinski definition) is 2. The zero-order valence-corrected chi connectivity index (χ0v) is 12.2. The van der Waals surface area contributed by atoms with Gasteiger partial charge in [0.15, 0.2) is 0 Å². The van der Waals surface area contributed by atoms with Crippen LogP contribution in [0.15, 0.2) is 18.2 Å². The molecule has 0 unspecified atom stereocenters. The third kappa shape index (κ3) is 5.48. The van der Waals surface area contributed by atoms with Gasteiger partial charge in [0, 0.05) is 17.9 Å². The third-order valence-electron chi connectivity index (χ3n) is 2.57. The molecular weight excluding hydrogens is 288 g/mol. The molecule has 0 fully saturated rings. The highest BCUT2D eigenvalue weighted by molar-refractivity contribution is 7.91. The van der Waals surface area contributed by atoms with Crippen molar-refractivity contribution < 1.29 is 13.2 Å². The van der Waals surface area contributed by atoms with Gasteiger partial charge in [-0.3, -0.25) is 4.79 Å². The van der Waals surface area contributed by atoms with Crippen LogP contribution >= 0.6 is 11.6 Å². The molecule has 0 bridgehead atoms.